The highest BCUT2D eigenvalue weighted by Crippen LogP contribution is 2.46. The molecule has 1 aliphatic carbocycles. The Morgan fingerprint density at radius 2 is 1.95 bits per heavy atom. The topological polar surface area (TPSA) is 47.6 Å². The lowest BCUT2D eigenvalue weighted by Crippen LogP contribution is -2.29. The van der Waals surface area contributed by atoms with Crippen molar-refractivity contribution in [3.63, 3.8) is 0 Å². The number of amides is 1. The van der Waals surface area contributed by atoms with E-state index in [9.17, 15) is 4.79 Å². The van der Waals surface area contributed by atoms with Crippen molar-refractivity contribution in [3.8, 4) is 11.5 Å². The normalized spacial score (nSPS) is 18.1. The van der Waals surface area contributed by atoms with Crippen LogP contribution in [0.3, 0.4) is 0 Å². The first-order valence-corrected chi connectivity index (χ1v) is 8.32. The van der Waals surface area contributed by atoms with Gasteiger partial charge in [0, 0.05) is 12.5 Å². The van der Waals surface area contributed by atoms with Crippen molar-refractivity contribution >= 4 is 5.91 Å². The largest absolute Gasteiger partial charge is 0.486 e. The number of benzene rings is 1. The molecular weight excluding hydrogens is 278 g/mol. The Bertz CT molecular complexity index is 537. The van der Waals surface area contributed by atoms with Crippen LogP contribution in [0, 0.1) is 11.8 Å². The minimum Gasteiger partial charge on any atom is -0.486 e. The van der Waals surface area contributed by atoms with E-state index in [0.29, 0.717) is 19.1 Å². The Morgan fingerprint density at radius 3 is 2.64 bits per heavy atom. The van der Waals surface area contributed by atoms with Gasteiger partial charge in [-0.2, -0.15) is 0 Å². The number of ether oxygens (including phenoxy) is 2. The van der Waals surface area contributed by atoms with Gasteiger partial charge in [0.05, 0.1) is 0 Å². The Morgan fingerprint density at radius 1 is 1.23 bits per heavy atom. The Kier molecular flexibility index (Phi) is 4.55. The molecular formula is C18H25NO3. The lowest BCUT2D eigenvalue weighted by Gasteiger charge is -2.22. The van der Waals surface area contributed by atoms with E-state index >= 15 is 0 Å². The monoisotopic (exact) mass is 303 g/mol. The van der Waals surface area contributed by atoms with Gasteiger partial charge in [-0.3, -0.25) is 4.79 Å². The van der Waals surface area contributed by atoms with Gasteiger partial charge in [-0.05, 0) is 48.8 Å². The minimum absolute atomic E-state index is 0.0497. The smallest absolute Gasteiger partial charge is 0.222 e. The standard InChI is InChI=1S/C18H25NO3/c1-12(2)18(20)19-8-7-15(13-3-4-13)14-5-6-16-17(11-14)22-10-9-21-16/h5-6,11-13,15H,3-4,7-10H2,1-2H3,(H,19,20). The summed E-state index contributed by atoms with van der Waals surface area (Å²) in [6.07, 6.45) is 3.57. The summed E-state index contributed by atoms with van der Waals surface area (Å²) in [5, 5.41) is 3.03. The minimum atomic E-state index is 0.0497. The van der Waals surface area contributed by atoms with Crippen LogP contribution < -0.4 is 14.8 Å². The van der Waals surface area contributed by atoms with Gasteiger partial charge in [0.25, 0.3) is 0 Å². The molecule has 22 heavy (non-hydrogen) atoms. The number of carbonyl (C=O) groups is 1. The zero-order valence-electron chi connectivity index (χ0n) is 13.4. The van der Waals surface area contributed by atoms with Crippen LogP contribution in [0.2, 0.25) is 0 Å². The Hall–Kier alpha value is -1.71. The maximum atomic E-state index is 11.7. The van der Waals surface area contributed by atoms with Crippen LogP contribution in [0.25, 0.3) is 0 Å². The van der Waals surface area contributed by atoms with E-state index in [0.717, 1.165) is 30.4 Å². The first-order valence-electron chi connectivity index (χ1n) is 8.32. The van der Waals surface area contributed by atoms with Crippen molar-refractivity contribution in [1.29, 1.82) is 0 Å². The third kappa shape index (κ3) is 3.54. The number of hydrogen-bond acceptors (Lipinski definition) is 3. The maximum absolute atomic E-state index is 11.7. The number of carbonyl (C=O) groups excluding carboxylic acids is 1. The predicted octanol–water partition coefficient (Wildman–Crippen LogP) is 3.11. The number of rotatable bonds is 6. The second-order valence-corrected chi connectivity index (χ2v) is 6.58. The van der Waals surface area contributed by atoms with Crippen LogP contribution in [0.15, 0.2) is 18.2 Å². The molecule has 120 valence electrons. The molecule has 0 spiro atoms. The van der Waals surface area contributed by atoms with E-state index in [1.54, 1.807) is 0 Å². The quantitative estimate of drug-likeness (QED) is 0.878. The molecule has 0 saturated heterocycles. The second-order valence-electron chi connectivity index (χ2n) is 6.58. The molecule has 4 nitrogen and oxygen atoms in total. The summed E-state index contributed by atoms with van der Waals surface area (Å²) in [7, 11) is 0. The molecule has 0 aromatic heterocycles. The summed E-state index contributed by atoms with van der Waals surface area (Å²) in [6, 6.07) is 6.30. The zero-order chi connectivity index (χ0) is 15.5. The van der Waals surface area contributed by atoms with E-state index < -0.39 is 0 Å². The van der Waals surface area contributed by atoms with E-state index in [1.165, 1.54) is 18.4 Å². The van der Waals surface area contributed by atoms with E-state index in [4.69, 9.17) is 9.47 Å². The number of hydrogen-bond donors (Lipinski definition) is 1. The van der Waals surface area contributed by atoms with Gasteiger partial charge in [-0.1, -0.05) is 19.9 Å². The third-order valence-electron chi connectivity index (χ3n) is 4.46. The molecule has 1 N–H and O–H groups in total. The van der Waals surface area contributed by atoms with Crippen LogP contribution >= 0.6 is 0 Å². The molecule has 0 bridgehead atoms. The number of nitrogens with one attached hydrogen (secondary N) is 1. The summed E-state index contributed by atoms with van der Waals surface area (Å²) in [5.74, 6) is 3.14. The fraction of sp³-hybridized carbons (Fsp3) is 0.611. The third-order valence-corrected chi connectivity index (χ3v) is 4.46. The SMILES string of the molecule is CC(C)C(=O)NCCC(c1ccc2c(c1)OCCO2)C1CC1. The van der Waals surface area contributed by atoms with E-state index in [-0.39, 0.29) is 11.8 Å². The fourth-order valence-electron chi connectivity index (χ4n) is 3.02. The van der Waals surface area contributed by atoms with Crippen molar-refractivity contribution in [3.05, 3.63) is 23.8 Å². The van der Waals surface area contributed by atoms with Crippen molar-refractivity contribution in [2.45, 2.75) is 39.0 Å². The van der Waals surface area contributed by atoms with Crippen molar-refractivity contribution in [2.24, 2.45) is 11.8 Å². The molecule has 1 aromatic rings. The second kappa shape index (κ2) is 6.59. The molecule has 1 fully saturated rings. The highest BCUT2D eigenvalue weighted by atomic mass is 16.6. The van der Waals surface area contributed by atoms with Crippen LogP contribution in [0.4, 0.5) is 0 Å². The first-order chi connectivity index (χ1) is 10.6. The first kappa shape index (κ1) is 15.2. The average Bonchev–Trinajstić information content (AvgIpc) is 3.35. The lowest BCUT2D eigenvalue weighted by molar-refractivity contribution is -0.123. The van der Waals surface area contributed by atoms with Crippen molar-refractivity contribution in [1.82, 2.24) is 5.32 Å². The molecule has 1 aliphatic heterocycles. The summed E-state index contributed by atoms with van der Waals surface area (Å²) >= 11 is 0. The molecule has 1 aromatic carbocycles. The lowest BCUT2D eigenvalue weighted by atomic mass is 9.90. The molecule has 2 aliphatic rings. The van der Waals surface area contributed by atoms with Crippen molar-refractivity contribution < 1.29 is 14.3 Å². The predicted molar refractivity (Wildman–Crippen MR) is 85.4 cm³/mol. The summed E-state index contributed by atoms with van der Waals surface area (Å²) in [6.45, 7) is 5.84. The Balaban J connectivity index is 1.65. The fourth-order valence-corrected chi connectivity index (χ4v) is 3.02. The Labute approximate surface area is 132 Å². The van der Waals surface area contributed by atoms with Gasteiger partial charge in [0.2, 0.25) is 5.91 Å². The average molecular weight is 303 g/mol. The van der Waals surface area contributed by atoms with Crippen LogP contribution in [-0.4, -0.2) is 25.7 Å². The number of fused-ring (bicyclic) bond motifs is 1. The van der Waals surface area contributed by atoms with Gasteiger partial charge in [0.1, 0.15) is 13.2 Å². The van der Waals surface area contributed by atoms with Gasteiger partial charge in [-0.25, -0.2) is 0 Å². The summed E-state index contributed by atoms with van der Waals surface area (Å²) in [4.78, 5) is 11.7. The highest BCUT2D eigenvalue weighted by molar-refractivity contribution is 5.77. The molecule has 0 radical (unpaired) electrons. The van der Waals surface area contributed by atoms with E-state index in [2.05, 4.69) is 17.4 Å². The molecule has 1 saturated carbocycles. The molecule has 1 atom stereocenters. The zero-order valence-corrected chi connectivity index (χ0v) is 13.4. The van der Waals surface area contributed by atoms with Crippen LogP contribution in [-0.2, 0) is 4.79 Å². The van der Waals surface area contributed by atoms with Gasteiger partial charge < -0.3 is 14.8 Å². The van der Waals surface area contributed by atoms with Gasteiger partial charge in [0.15, 0.2) is 11.5 Å². The summed E-state index contributed by atoms with van der Waals surface area (Å²) in [5.41, 5.74) is 1.31. The molecule has 1 heterocycles. The molecule has 1 unspecified atom stereocenters. The highest BCUT2D eigenvalue weighted by Gasteiger charge is 2.32. The molecule has 3 rings (SSSR count). The van der Waals surface area contributed by atoms with Crippen molar-refractivity contribution in [2.75, 3.05) is 19.8 Å². The maximum Gasteiger partial charge on any atom is 0.222 e. The summed E-state index contributed by atoms with van der Waals surface area (Å²) < 4.78 is 11.3. The van der Waals surface area contributed by atoms with Gasteiger partial charge >= 0.3 is 0 Å². The van der Waals surface area contributed by atoms with Crippen LogP contribution in [0.5, 0.6) is 11.5 Å². The van der Waals surface area contributed by atoms with E-state index in [1.807, 2.05) is 19.9 Å². The molecule has 4 heteroatoms. The van der Waals surface area contributed by atoms with Crippen LogP contribution in [0.1, 0.15) is 44.6 Å². The molecule has 1 amide bonds. The van der Waals surface area contributed by atoms with Gasteiger partial charge in [-0.15, -0.1) is 0 Å².